The number of hydrogen-bond donors (Lipinski definition) is 3. The maximum Gasteiger partial charge on any atom is 0.335 e. The van der Waals surface area contributed by atoms with Crippen molar-refractivity contribution in [3.63, 3.8) is 0 Å². The van der Waals surface area contributed by atoms with Gasteiger partial charge in [0.1, 0.15) is 12.4 Å². The summed E-state index contributed by atoms with van der Waals surface area (Å²) in [6.45, 7) is 3.70. The zero-order chi connectivity index (χ0) is 31.4. The molecule has 3 amide bonds. The average Bonchev–Trinajstić information content (AvgIpc) is 3.54. The maximum atomic E-state index is 13.8. The van der Waals surface area contributed by atoms with E-state index in [1.807, 2.05) is 0 Å². The third-order valence-electron chi connectivity index (χ3n) is 6.91. The van der Waals surface area contributed by atoms with Gasteiger partial charge in [0.2, 0.25) is 11.8 Å². The molecule has 0 saturated heterocycles. The molecule has 14 heteroatoms. The van der Waals surface area contributed by atoms with E-state index < -0.39 is 23.8 Å². The van der Waals surface area contributed by atoms with Crippen molar-refractivity contribution in [3.05, 3.63) is 94.5 Å². The van der Waals surface area contributed by atoms with Crippen molar-refractivity contribution >= 4 is 52.7 Å². The zero-order valence-electron chi connectivity index (χ0n) is 23.6. The van der Waals surface area contributed by atoms with E-state index in [1.54, 1.807) is 44.2 Å². The highest BCUT2D eigenvalue weighted by Gasteiger charge is 2.36. The Kier molecular flexibility index (Phi) is 8.76. The van der Waals surface area contributed by atoms with E-state index >= 15 is 0 Å². The van der Waals surface area contributed by atoms with Gasteiger partial charge >= 0.3 is 5.97 Å². The SMILES string of the molecule is CC(C)C(=O)Nc1cnc2c(c1)C(C(=O)Nc1ccc(C(=O)O)cc1)N(C(=O)/C=C/c1cc(Cl)ccc1-n1cnnn1)CC2. The molecule has 2 aromatic heterocycles. The third kappa shape index (κ3) is 6.63. The lowest BCUT2D eigenvalue weighted by Gasteiger charge is -2.35. The summed E-state index contributed by atoms with van der Waals surface area (Å²) in [5.74, 6) is -2.61. The lowest BCUT2D eigenvalue weighted by molar-refractivity contribution is -0.135. The van der Waals surface area contributed by atoms with Crippen LogP contribution in [0.15, 0.2) is 67.1 Å². The van der Waals surface area contributed by atoms with Gasteiger partial charge in [0, 0.05) is 52.5 Å². The van der Waals surface area contributed by atoms with Gasteiger partial charge in [-0.1, -0.05) is 25.4 Å². The Morgan fingerprint density at radius 1 is 1.05 bits per heavy atom. The standard InChI is InChI=1S/C30H27ClN8O5/c1-17(2)28(41)35-22-14-23-24(32-15-22)11-12-38(27(23)29(42)34-21-7-3-18(4-8-21)30(43)44)26(40)10-5-19-13-20(31)6-9-25(19)39-16-33-36-37-39/h3-10,13-17,27H,11-12H2,1-2H3,(H,34,42)(H,35,41)(H,43,44)/b10-5+. The molecule has 3 heterocycles. The number of carbonyl (C=O) groups excluding carboxylic acids is 3. The molecule has 44 heavy (non-hydrogen) atoms. The van der Waals surface area contributed by atoms with E-state index in [0.29, 0.717) is 45.3 Å². The Labute approximate surface area is 256 Å². The van der Waals surface area contributed by atoms with E-state index in [9.17, 15) is 24.3 Å². The van der Waals surface area contributed by atoms with Crippen molar-refractivity contribution in [2.75, 3.05) is 17.2 Å². The van der Waals surface area contributed by atoms with Crippen molar-refractivity contribution in [1.82, 2.24) is 30.1 Å². The van der Waals surface area contributed by atoms with E-state index in [1.165, 1.54) is 52.4 Å². The Morgan fingerprint density at radius 3 is 2.50 bits per heavy atom. The lowest BCUT2D eigenvalue weighted by atomic mass is 9.95. The van der Waals surface area contributed by atoms with Crippen LogP contribution in [0.3, 0.4) is 0 Å². The van der Waals surface area contributed by atoms with Gasteiger partial charge in [-0.3, -0.25) is 19.4 Å². The number of halogens is 1. The first-order valence-corrected chi connectivity index (χ1v) is 13.9. The molecule has 13 nitrogen and oxygen atoms in total. The fraction of sp³-hybridized carbons (Fsp3) is 0.200. The average molecular weight is 615 g/mol. The molecule has 3 N–H and O–H groups in total. The number of carboxylic acid groups (broad SMARTS) is 1. The molecule has 4 aromatic rings. The number of anilines is 2. The van der Waals surface area contributed by atoms with Crippen LogP contribution in [0.2, 0.25) is 5.02 Å². The van der Waals surface area contributed by atoms with Gasteiger partial charge in [0.15, 0.2) is 0 Å². The number of pyridine rings is 1. The molecular weight excluding hydrogens is 588 g/mol. The minimum absolute atomic E-state index is 0.0600. The van der Waals surface area contributed by atoms with Gasteiger partial charge in [-0.2, -0.15) is 4.68 Å². The van der Waals surface area contributed by atoms with Crippen molar-refractivity contribution in [3.8, 4) is 5.69 Å². The van der Waals surface area contributed by atoms with Crippen molar-refractivity contribution in [1.29, 1.82) is 0 Å². The zero-order valence-corrected chi connectivity index (χ0v) is 24.4. The van der Waals surface area contributed by atoms with E-state index in [-0.39, 0.29) is 23.9 Å². The number of amides is 3. The van der Waals surface area contributed by atoms with Crippen LogP contribution in [-0.2, 0) is 20.8 Å². The molecule has 1 aliphatic rings. The summed E-state index contributed by atoms with van der Waals surface area (Å²) in [5, 5.41) is 26.5. The topological polar surface area (TPSA) is 172 Å². The quantitative estimate of drug-likeness (QED) is 0.250. The first kappa shape index (κ1) is 30.0. The summed E-state index contributed by atoms with van der Waals surface area (Å²) in [6, 6.07) is 11.2. The predicted octanol–water partition coefficient (Wildman–Crippen LogP) is 3.78. The Morgan fingerprint density at radius 2 is 1.82 bits per heavy atom. The number of rotatable bonds is 8. The maximum absolute atomic E-state index is 13.8. The highest BCUT2D eigenvalue weighted by atomic mass is 35.5. The van der Waals surface area contributed by atoms with Gasteiger partial charge < -0.3 is 20.6 Å². The normalized spacial score (nSPS) is 14.4. The molecule has 2 aromatic carbocycles. The second kappa shape index (κ2) is 12.8. The molecule has 5 rings (SSSR count). The molecule has 1 aliphatic heterocycles. The monoisotopic (exact) mass is 614 g/mol. The van der Waals surface area contributed by atoms with E-state index in [2.05, 4.69) is 31.1 Å². The largest absolute Gasteiger partial charge is 0.478 e. The van der Waals surface area contributed by atoms with Crippen molar-refractivity contribution in [2.24, 2.45) is 5.92 Å². The molecule has 0 saturated carbocycles. The molecule has 0 bridgehead atoms. The van der Waals surface area contributed by atoms with Crippen LogP contribution in [0.25, 0.3) is 11.8 Å². The van der Waals surface area contributed by atoms with Gasteiger partial charge in [-0.25, -0.2) is 4.79 Å². The summed E-state index contributed by atoms with van der Waals surface area (Å²) < 4.78 is 1.43. The smallest absolute Gasteiger partial charge is 0.335 e. The van der Waals surface area contributed by atoms with Crippen LogP contribution >= 0.6 is 11.6 Å². The van der Waals surface area contributed by atoms with E-state index in [0.717, 1.165) is 0 Å². The number of nitrogens with zero attached hydrogens (tertiary/aromatic N) is 6. The third-order valence-corrected chi connectivity index (χ3v) is 7.15. The second-order valence-corrected chi connectivity index (χ2v) is 10.7. The first-order valence-electron chi connectivity index (χ1n) is 13.6. The highest BCUT2D eigenvalue weighted by molar-refractivity contribution is 6.30. The minimum Gasteiger partial charge on any atom is -0.478 e. The molecule has 1 unspecified atom stereocenters. The molecule has 0 radical (unpaired) electrons. The van der Waals surface area contributed by atoms with Crippen LogP contribution in [-0.4, -0.2) is 65.4 Å². The number of benzene rings is 2. The van der Waals surface area contributed by atoms with Crippen LogP contribution in [0.4, 0.5) is 11.4 Å². The number of nitrogens with one attached hydrogen (secondary N) is 2. The van der Waals surface area contributed by atoms with E-state index in [4.69, 9.17) is 11.6 Å². The molecule has 224 valence electrons. The van der Waals surface area contributed by atoms with Gasteiger partial charge in [0.05, 0.1) is 23.1 Å². The number of aromatic carboxylic acids is 1. The molecular formula is C30H27ClN8O5. The summed E-state index contributed by atoms with van der Waals surface area (Å²) >= 11 is 6.22. The van der Waals surface area contributed by atoms with Crippen LogP contribution in [0.5, 0.6) is 0 Å². The number of hydrogen-bond acceptors (Lipinski definition) is 8. The first-order chi connectivity index (χ1) is 21.1. The Bertz CT molecular complexity index is 1760. The van der Waals surface area contributed by atoms with Gasteiger partial charge in [0.25, 0.3) is 5.91 Å². The molecule has 0 spiro atoms. The fourth-order valence-electron chi connectivity index (χ4n) is 4.66. The summed E-state index contributed by atoms with van der Waals surface area (Å²) in [7, 11) is 0. The van der Waals surface area contributed by atoms with Gasteiger partial charge in [-0.15, -0.1) is 5.10 Å². The number of carboxylic acids is 1. The fourth-order valence-corrected chi connectivity index (χ4v) is 4.84. The van der Waals surface area contributed by atoms with Gasteiger partial charge in [-0.05, 0) is 65.0 Å². The van der Waals surface area contributed by atoms with Crippen LogP contribution < -0.4 is 10.6 Å². The number of tetrazole rings is 1. The Balaban J connectivity index is 1.49. The molecule has 0 fully saturated rings. The highest BCUT2D eigenvalue weighted by Crippen LogP contribution is 2.32. The summed E-state index contributed by atoms with van der Waals surface area (Å²) in [4.78, 5) is 57.1. The van der Waals surface area contributed by atoms with Crippen LogP contribution in [0.1, 0.15) is 47.1 Å². The second-order valence-electron chi connectivity index (χ2n) is 10.3. The number of aromatic nitrogens is 5. The number of fused-ring (bicyclic) bond motifs is 1. The lowest BCUT2D eigenvalue weighted by Crippen LogP contribution is -2.45. The van der Waals surface area contributed by atoms with Crippen molar-refractivity contribution in [2.45, 2.75) is 26.3 Å². The molecule has 1 atom stereocenters. The predicted molar refractivity (Wildman–Crippen MR) is 161 cm³/mol. The molecule has 0 aliphatic carbocycles. The minimum atomic E-state index is -1.11. The number of carbonyl (C=O) groups is 4. The summed E-state index contributed by atoms with van der Waals surface area (Å²) in [6.07, 6.45) is 6.21. The Hall–Kier alpha value is -5.43. The van der Waals surface area contributed by atoms with Crippen molar-refractivity contribution < 1.29 is 24.3 Å². The van der Waals surface area contributed by atoms with Crippen LogP contribution in [0, 0.1) is 5.92 Å². The summed E-state index contributed by atoms with van der Waals surface area (Å²) in [5.41, 5.74) is 3.01.